The zero-order chi connectivity index (χ0) is 16.8. The van der Waals surface area contributed by atoms with Crippen molar-refractivity contribution >= 4 is 16.9 Å². The van der Waals surface area contributed by atoms with Crippen LogP contribution in [-0.2, 0) is 4.79 Å². The molecule has 0 amide bonds. The third-order valence-electron chi connectivity index (χ3n) is 3.00. The molecule has 0 aliphatic heterocycles. The maximum absolute atomic E-state index is 11.7. The third-order valence-corrected chi connectivity index (χ3v) is 3.00. The van der Waals surface area contributed by atoms with Gasteiger partial charge in [0, 0.05) is 13.0 Å². The number of hydrogen-bond acceptors (Lipinski definition) is 6. The van der Waals surface area contributed by atoms with Gasteiger partial charge in [0.1, 0.15) is 11.3 Å². The number of rotatable bonds is 6. The Morgan fingerprint density at radius 1 is 1.35 bits per heavy atom. The van der Waals surface area contributed by atoms with Crippen LogP contribution in [0, 0.1) is 0 Å². The van der Waals surface area contributed by atoms with Crippen molar-refractivity contribution in [2.75, 3.05) is 6.61 Å². The second-order valence-electron chi connectivity index (χ2n) is 4.84. The molecule has 122 valence electrons. The summed E-state index contributed by atoms with van der Waals surface area (Å²) in [6.07, 6.45) is 5.55. The highest BCUT2D eigenvalue weighted by molar-refractivity contribution is 5.87. The summed E-state index contributed by atoms with van der Waals surface area (Å²) in [4.78, 5) is 22.7. The van der Waals surface area contributed by atoms with Gasteiger partial charge in [-0.1, -0.05) is 19.1 Å². The fourth-order valence-electron chi connectivity index (χ4n) is 2.03. The minimum absolute atomic E-state index is 0.0653. The third kappa shape index (κ3) is 4.12. The highest BCUT2D eigenvalue weighted by Crippen LogP contribution is 2.33. The van der Waals surface area contributed by atoms with Crippen LogP contribution in [-0.4, -0.2) is 17.7 Å². The predicted octanol–water partition coefficient (Wildman–Crippen LogP) is 3.16. The minimum atomic E-state index is -0.906. The number of carbonyl (C=O) groups is 1. The van der Waals surface area contributed by atoms with E-state index in [2.05, 4.69) is 0 Å². The van der Waals surface area contributed by atoms with Crippen molar-refractivity contribution in [2.45, 2.75) is 26.7 Å². The number of hydrogen-bond donors (Lipinski definition) is 1. The Bertz CT molecular complexity index is 788. The summed E-state index contributed by atoms with van der Waals surface area (Å²) in [5.41, 5.74) is -0.734. The van der Waals surface area contributed by atoms with Gasteiger partial charge in [-0.05, 0) is 25.0 Å². The highest BCUT2D eigenvalue weighted by Gasteiger charge is 2.16. The Morgan fingerprint density at radius 3 is 2.83 bits per heavy atom. The van der Waals surface area contributed by atoms with Gasteiger partial charge >= 0.3 is 11.6 Å². The molecule has 6 heteroatoms. The quantitative estimate of drug-likeness (QED) is 0.289. The SMILES string of the molecule is CCC=CCCOc1c(O)c(=O)oc2cc(OC(C)=O)ccc12. The summed E-state index contributed by atoms with van der Waals surface area (Å²) >= 11 is 0. The average Bonchev–Trinajstić information content (AvgIpc) is 2.50. The molecule has 0 atom stereocenters. The monoisotopic (exact) mass is 318 g/mol. The van der Waals surface area contributed by atoms with Crippen LogP contribution >= 0.6 is 0 Å². The summed E-state index contributed by atoms with van der Waals surface area (Å²) in [7, 11) is 0. The van der Waals surface area contributed by atoms with E-state index in [1.807, 2.05) is 19.1 Å². The summed E-state index contributed by atoms with van der Waals surface area (Å²) < 4.78 is 15.5. The minimum Gasteiger partial charge on any atom is -0.499 e. The van der Waals surface area contributed by atoms with E-state index >= 15 is 0 Å². The summed E-state index contributed by atoms with van der Waals surface area (Å²) in [5, 5.41) is 10.3. The van der Waals surface area contributed by atoms with Gasteiger partial charge in [-0.25, -0.2) is 4.79 Å². The second-order valence-corrected chi connectivity index (χ2v) is 4.84. The Kier molecular flexibility index (Phi) is 5.41. The van der Waals surface area contributed by atoms with Gasteiger partial charge in [-0.15, -0.1) is 0 Å². The molecule has 6 nitrogen and oxygen atoms in total. The predicted molar refractivity (Wildman–Crippen MR) is 85.0 cm³/mol. The van der Waals surface area contributed by atoms with Crippen LogP contribution in [0.1, 0.15) is 26.7 Å². The topological polar surface area (TPSA) is 86.0 Å². The second kappa shape index (κ2) is 7.49. The van der Waals surface area contributed by atoms with Crippen molar-refractivity contribution in [3.63, 3.8) is 0 Å². The molecule has 1 aromatic heterocycles. The van der Waals surface area contributed by atoms with Crippen LogP contribution in [0.25, 0.3) is 11.0 Å². The first-order valence-electron chi connectivity index (χ1n) is 7.29. The number of benzene rings is 1. The van der Waals surface area contributed by atoms with Crippen LogP contribution in [0.15, 0.2) is 39.6 Å². The van der Waals surface area contributed by atoms with E-state index in [0.29, 0.717) is 18.4 Å². The van der Waals surface area contributed by atoms with E-state index in [1.54, 1.807) is 6.07 Å². The molecule has 0 spiro atoms. The van der Waals surface area contributed by atoms with Gasteiger partial charge < -0.3 is 19.0 Å². The molecule has 0 saturated carbocycles. The zero-order valence-corrected chi connectivity index (χ0v) is 13.0. The van der Waals surface area contributed by atoms with Crippen molar-refractivity contribution in [1.29, 1.82) is 0 Å². The molecular formula is C17H18O6. The Balaban J connectivity index is 2.34. The van der Waals surface area contributed by atoms with Crippen molar-refractivity contribution < 1.29 is 23.8 Å². The number of carbonyl (C=O) groups excluding carboxylic acids is 1. The van der Waals surface area contributed by atoms with E-state index in [9.17, 15) is 14.7 Å². The molecule has 0 fully saturated rings. The lowest BCUT2D eigenvalue weighted by Crippen LogP contribution is -2.05. The molecule has 1 heterocycles. The van der Waals surface area contributed by atoms with E-state index in [-0.39, 0.29) is 17.1 Å². The molecule has 0 radical (unpaired) electrons. The van der Waals surface area contributed by atoms with Crippen LogP contribution in [0.2, 0.25) is 0 Å². The van der Waals surface area contributed by atoms with Crippen LogP contribution in [0.4, 0.5) is 0 Å². The van der Waals surface area contributed by atoms with Gasteiger partial charge in [0.25, 0.3) is 0 Å². The van der Waals surface area contributed by atoms with Crippen molar-refractivity contribution in [3.8, 4) is 17.2 Å². The number of allylic oxidation sites excluding steroid dienone is 1. The first-order valence-corrected chi connectivity index (χ1v) is 7.29. The largest absolute Gasteiger partial charge is 0.499 e. The van der Waals surface area contributed by atoms with Gasteiger partial charge in [0.2, 0.25) is 5.75 Å². The number of fused-ring (bicyclic) bond motifs is 1. The van der Waals surface area contributed by atoms with Crippen LogP contribution in [0.5, 0.6) is 17.2 Å². The molecule has 0 bridgehead atoms. The Hall–Kier alpha value is -2.76. The van der Waals surface area contributed by atoms with E-state index in [4.69, 9.17) is 13.9 Å². The van der Waals surface area contributed by atoms with Gasteiger partial charge in [-0.3, -0.25) is 4.79 Å². The lowest BCUT2D eigenvalue weighted by molar-refractivity contribution is -0.131. The standard InChI is InChI=1S/C17H18O6/c1-3-4-5-6-9-21-16-13-8-7-12(22-11(2)18)10-14(13)23-17(20)15(16)19/h4-5,7-8,10,19H,3,6,9H2,1-2H3. The summed E-state index contributed by atoms with van der Waals surface area (Å²) in [5.74, 6) is -0.743. The van der Waals surface area contributed by atoms with Crippen molar-refractivity contribution in [1.82, 2.24) is 0 Å². The van der Waals surface area contributed by atoms with E-state index in [0.717, 1.165) is 6.42 Å². The molecule has 1 aromatic carbocycles. The van der Waals surface area contributed by atoms with Crippen LogP contribution < -0.4 is 15.1 Å². The Morgan fingerprint density at radius 2 is 2.13 bits per heavy atom. The first-order chi connectivity index (χ1) is 11.0. The zero-order valence-electron chi connectivity index (χ0n) is 13.0. The molecule has 1 N–H and O–H groups in total. The number of esters is 1. The molecule has 0 aliphatic rings. The molecule has 0 aliphatic carbocycles. The number of ether oxygens (including phenoxy) is 2. The van der Waals surface area contributed by atoms with Gasteiger partial charge in [0.05, 0.1) is 12.0 Å². The Labute approximate surface area is 132 Å². The smallest absolute Gasteiger partial charge is 0.382 e. The lowest BCUT2D eigenvalue weighted by Gasteiger charge is -2.10. The maximum atomic E-state index is 11.7. The van der Waals surface area contributed by atoms with E-state index < -0.39 is 17.3 Å². The molecule has 23 heavy (non-hydrogen) atoms. The first kappa shape index (κ1) is 16.6. The maximum Gasteiger partial charge on any atom is 0.382 e. The van der Waals surface area contributed by atoms with E-state index in [1.165, 1.54) is 19.1 Å². The summed E-state index contributed by atoms with van der Waals surface area (Å²) in [6, 6.07) is 4.50. The molecule has 0 saturated heterocycles. The molecular weight excluding hydrogens is 300 g/mol. The summed E-state index contributed by atoms with van der Waals surface area (Å²) in [6.45, 7) is 3.61. The fourth-order valence-corrected chi connectivity index (χ4v) is 2.03. The number of aromatic hydroxyl groups is 1. The van der Waals surface area contributed by atoms with Crippen LogP contribution in [0.3, 0.4) is 0 Å². The van der Waals surface area contributed by atoms with Gasteiger partial charge in [-0.2, -0.15) is 0 Å². The van der Waals surface area contributed by atoms with Gasteiger partial charge in [0.15, 0.2) is 5.75 Å². The lowest BCUT2D eigenvalue weighted by atomic mass is 10.2. The molecule has 0 unspecified atom stereocenters. The van der Waals surface area contributed by atoms with Crippen molar-refractivity contribution in [2.24, 2.45) is 0 Å². The normalized spacial score (nSPS) is 11.0. The fraction of sp³-hybridized carbons (Fsp3) is 0.294. The van der Waals surface area contributed by atoms with Crippen molar-refractivity contribution in [3.05, 3.63) is 40.8 Å². The average molecular weight is 318 g/mol. The molecule has 2 aromatic rings. The highest BCUT2D eigenvalue weighted by atomic mass is 16.5. The molecule has 2 rings (SSSR count).